The first-order valence-electron chi connectivity index (χ1n) is 9.21. The zero-order valence-electron chi connectivity index (χ0n) is 15.8. The highest BCUT2D eigenvalue weighted by Gasteiger charge is 2.14. The summed E-state index contributed by atoms with van der Waals surface area (Å²) in [5.74, 6) is 0.554. The van der Waals surface area contributed by atoms with Crippen LogP contribution in [0.4, 0.5) is 0 Å². The summed E-state index contributed by atoms with van der Waals surface area (Å²) in [5, 5.41) is 3.49. The largest absolute Gasteiger partial charge is 0.346 e. The molecular formula is C21H21N5O2. The number of amides is 1. The van der Waals surface area contributed by atoms with Crippen LogP contribution >= 0.6 is 0 Å². The lowest BCUT2D eigenvalue weighted by Crippen LogP contribution is -2.30. The van der Waals surface area contributed by atoms with Gasteiger partial charge in [-0.05, 0) is 37.6 Å². The summed E-state index contributed by atoms with van der Waals surface area (Å²) in [5.41, 5.74) is 3.32. The van der Waals surface area contributed by atoms with Crippen LogP contribution in [0.3, 0.4) is 0 Å². The van der Waals surface area contributed by atoms with E-state index in [2.05, 4.69) is 20.3 Å². The fourth-order valence-corrected chi connectivity index (χ4v) is 3.28. The molecule has 0 aliphatic heterocycles. The number of benzene rings is 2. The Morgan fingerprint density at radius 2 is 2.04 bits per heavy atom. The summed E-state index contributed by atoms with van der Waals surface area (Å²) >= 11 is 0. The Bertz CT molecular complexity index is 1190. The zero-order valence-corrected chi connectivity index (χ0v) is 15.8. The fourth-order valence-electron chi connectivity index (χ4n) is 3.28. The molecule has 7 nitrogen and oxygen atoms in total. The summed E-state index contributed by atoms with van der Waals surface area (Å²) in [7, 11) is 0. The second-order valence-corrected chi connectivity index (χ2v) is 6.89. The molecule has 0 saturated heterocycles. The third-order valence-corrected chi connectivity index (χ3v) is 4.83. The number of hydrogen-bond donors (Lipinski definition) is 2. The summed E-state index contributed by atoms with van der Waals surface area (Å²) in [6, 6.07) is 13.0. The lowest BCUT2D eigenvalue weighted by molar-refractivity contribution is -0.122. The quantitative estimate of drug-likeness (QED) is 0.561. The van der Waals surface area contributed by atoms with Crippen LogP contribution in [0.2, 0.25) is 0 Å². The van der Waals surface area contributed by atoms with Crippen molar-refractivity contribution in [1.82, 2.24) is 24.8 Å². The number of nitrogens with zero attached hydrogens (tertiary/aromatic N) is 3. The molecule has 2 N–H and O–H groups in total. The lowest BCUT2D eigenvalue weighted by Gasteiger charge is -2.12. The number of H-pyrrole nitrogens is 1. The number of rotatable bonds is 5. The highest BCUT2D eigenvalue weighted by molar-refractivity contribution is 5.80. The normalized spacial score (nSPS) is 12.4. The van der Waals surface area contributed by atoms with E-state index in [9.17, 15) is 9.59 Å². The molecule has 4 rings (SSSR count). The molecule has 2 aromatic heterocycles. The number of aryl methyl sites for hydroxylation is 2. The van der Waals surface area contributed by atoms with Crippen molar-refractivity contribution >= 4 is 27.8 Å². The number of imidazole rings is 1. The smallest absolute Gasteiger partial charge is 0.261 e. The molecule has 0 aliphatic rings. The number of fused-ring (bicyclic) bond motifs is 2. The van der Waals surface area contributed by atoms with E-state index in [1.54, 1.807) is 6.07 Å². The standard InChI is InChI=1S/C21H21N5O2/c1-13-6-5-7-15-19(13)22-12-26(21(15)28)11-10-18(27)23-14(2)20-24-16-8-3-4-9-17(16)25-20/h3-9,12,14H,10-11H2,1-2H3,(H,23,27)(H,24,25)/t14-/m0/s1. The molecular weight excluding hydrogens is 354 g/mol. The van der Waals surface area contributed by atoms with Gasteiger partial charge in [0.05, 0.1) is 34.3 Å². The molecule has 7 heteroatoms. The van der Waals surface area contributed by atoms with Gasteiger partial charge in [-0.3, -0.25) is 14.2 Å². The molecule has 2 aromatic carbocycles. The van der Waals surface area contributed by atoms with Gasteiger partial charge in [-0.25, -0.2) is 9.97 Å². The maximum Gasteiger partial charge on any atom is 0.261 e. The summed E-state index contributed by atoms with van der Waals surface area (Å²) in [6.07, 6.45) is 1.69. The Morgan fingerprint density at radius 1 is 1.21 bits per heavy atom. The first kappa shape index (κ1) is 17.9. The van der Waals surface area contributed by atoms with E-state index in [1.165, 1.54) is 10.9 Å². The molecule has 142 valence electrons. The van der Waals surface area contributed by atoms with Crippen LogP contribution < -0.4 is 10.9 Å². The molecule has 28 heavy (non-hydrogen) atoms. The van der Waals surface area contributed by atoms with E-state index in [0.29, 0.717) is 16.7 Å². The Kier molecular flexibility index (Phi) is 4.65. The van der Waals surface area contributed by atoms with Crippen molar-refractivity contribution in [1.29, 1.82) is 0 Å². The van der Waals surface area contributed by atoms with Crippen LogP contribution in [0, 0.1) is 6.92 Å². The zero-order chi connectivity index (χ0) is 19.7. The Balaban J connectivity index is 1.43. The SMILES string of the molecule is Cc1cccc2c(=O)n(CCC(=O)N[C@@H](C)c3nc4ccccc4[nH]3)cnc12. The molecule has 0 unspecified atom stereocenters. The van der Waals surface area contributed by atoms with E-state index < -0.39 is 0 Å². The molecule has 0 bridgehead atoms. The van der Waals surface area contributed by atoms with Gasteiger partial charge in [0.1, 0.15) is 5.82 Å². The molecule has 0 saturated carbocycles. The van der Waals surface area contributed by atoms with Crippen LogP contribution in [-0.2, 0) is 11.3 Å². The van der Waals surface area contributed by atoms with E-state index in [4.69, 9.17) is 0 Å². The van der Waals surface area contributed by atoms with E-state index >= 15 is 0 Å². The van der Waals surface area contributed by atoms with Crippen molar-refractivity contribution in [3.05, 3.63) is 70.5 Å². The number of hydrogen-bond acceptors (Lipinski definition) is 4. The van der Waals surface area contributed by atoms with Crippen LogP contribution in [0.1, 0.15) is 30.8 Å². The molecule has 0 spiro atoms. The Hall–Kier alpha value is -3.48. The lowest BCUT2D eigenvalue weighted by atomic mass is 10.1. The second kappa shape index (κ2) is 7.26. The third kappa shape index (κ3) is 3.38. The van der Waals surface area contributed by atoms with Gasteiger partial charge in [0.15, 0.2) is 0 Å². The van der Waals surface area contributed by atoms with Gasteiger partial charge < -0.3 is 10.3 Å². The summed E-state index contributed by atoms with van der Waals surface area (Å²) in [4.78, 5) is 37.1. The number of carbonyl (C=O) groups is 1. The van der Waals surface area contributed by atoms with Gasteiger partial charge >= 0.3 is 0 Å². The highest BCUT2D eigenvalue weighted by Crippen LogP contribution is 2.15. The van der Waals surface area contributed by atoms with Crippen molar-refractivity contribution in [2.45, 2.75) is 32.9 Å². The predicted octanol–water partition coefficient (Wildman–Crippen LogP) is 2.85. The summed E-state index contributed by atoms with van der Waals surface area (Å²) in [6.45, 7) is 4.07. The van der Waals surface area contributed by atoms with E-state index in [1.807, 2.05) is 50.2 Å². The van der Waals surface area contributed by atoms with Crippen molar-refractivity contribution in [3.8, 4) is 0 Å². The van der Waals surface area contributed by atoms with Crippen LogP contribution in [-0.4, -0.2) is 25.4 Å². The maximum atomic E-state index is 12.6. The van der Waals surface area contributed by atoms with E-state index in [0.717, 1.165) is 16.6 Å². The van der Waals surface area contributed by atoms with Crippen LogP contribution in [0.15, 0.2) is 53.6 Å². The average molecular weight is 375 g/mol. The molecule has 0 fully saturated rings. The van der Waals surface area contributed by atoms with Crippen molar-refractivity contribution in [3.63, 3.8) is 0 Å². The van der Waals surface area contributed by atoms with E-state index in [-0.39, 0.29) is 30.5 Å². The average Bonchev–Trinajstić information content (AvgIpc) is 3.12. The minimum Gasteiger partial charge on any atom is -0.346 e. The maximum absolute atomic E-state index is 12.6. The molecule has 0 aliphatic carbocycles. The Labute approximate surface area is 161 Å². The Morgan fingerprint density at radius 3 is 2.86 bits per heavy atom. The predicted molar refractivity (Wildman–Crippen MR) is 108 cm³/mol. The molecule has 1 atom stereocenters. The monoisotopic (exact) mass is 375 g/mol. The minimum absolute atomic E-state index is 0.133. The van der Waals surface area contributed by atoms with Gasteiger partial charge in [0.25, 0.3) is 5.56 Å². The number of nitrogens with one attached hydrogen (secondary N) is 2. The number of carbonyl (C=O) groups excluding carboxylic acids is 1. The first-order chi connectivity index (χ1) is 13.5. The number of aromatic amines is 1. The number of aromatic nitrogens is 4. The van der Waals surface area contributed by atoms with Gasteiger partial charge in [-0.1, -0.05) is 24.3 Å². The van der Waals surface area contributed by atoms with Crippen LogP contribution in [0.25, 0.3) is 21.9 Å². The van der Waals surface area contributed by atoms with Crippen molar-refractivity contribution in [2.75, 3.05) is 0 Å². The fraction of sp³-hybridized carbons (Fsp3) is 0.238. The van der Waals surface area contributed by atoms with Gasteiger partial charge in [0.2, 0.25) is 5.91 Å². The molecule has 4 aromatic rings. The minimum atomic E-state index is -0.256. The third-order valence-electron chi connectivity index (χ3n) is 4.83. The highest BCUT2D eigenvalue weighted by atomic mass is 16.2. The van der Waals surface area contributed by atoms with Crippen LogP contribution in [0.5, 0.6) is 0 Å². The van der Waals surface area contributed by atoms with Gasteiger partial charge in [-0.2, -0.15) is 0 Å². The topological polar surface area (TPSA) is 92.7 Å². The second-order valence-electron chi connectivity index (χ2n) is 6.89. The molecule has 0 radical (unpaired) electrons. The van der Waals surface area contributed by atoms with Crippen molar-refractivity contribution < 1.29 is 4.79 Å². The van der Waals surface area contributed by atoms with Gasteiger partial charge in [-0.15, -0.1) is 0 Å². The number of para-hydroxylation sites is 3. The summed E-state index contributed by atoms with van der Waals surface area (Å²) < 4.78 is 1.48. The van der Waals surface area contributed by atoms with Crippen molar-refractivity contribution in [2.24, 2.45) is 0 Å². The molecule has 2 heterocycles. The van der Waals surface area contributed by atoms with Gasteiger partial charge in [0, 0.05) is 13.0 Å². The first-order valence-corrected chi connectivity index (χ1v) is 9.21. The molecule has 1 amide bonds.